The molecule has 5 nitrogen and oxygen atoms in total. The van der Waals surface area contributed by atoms with E-state index in [0.29, 0.717) is 18.1 Å². The van der Waals surface area contributed by atoms with Crippen LogP contribution in [0.3, 0.4) is 0 Å². The minimum atomic E-state index is -0.0438. The largest absolute Gasteiger partial charge is 0.493 e. The number of nitrogens with zero attached hydrogens (tertiary/aromatic N) is 2. The molecule has 1 aromatic carbocycles. The van der Waals surface area contributed by atoms with Gasteiger partial charge in [0.25, 0.3) is 0 Å². The molecule has 0 saturated heterocycles. The van der Waals surface area contributed by atoms with Crippen molar-refractivity contribution in [3.8, 4) is 11.5 Å². The van der Waals surface area contributed by atoms with Crippen LogP contribution < -0.4 is 9.47 Å². The summed E-state index contributed by atoms with van der Waals surface area (Å²) >= 11 is 3.42. The molecule has 0 amide bonds. The standard InChI is InChI=1S/C13H15BrN2O3/c1-16-6-10(5-15-16)8-19-13-11(14)3-9(7-17)4-12(13)18-2/h3-6,17H,7-8H2,1-2H3. The first kappa shape index (κ1) is 13.9. The molecule has 0 spiro atoms. The van der Waals surface area contributed by atoms with Gasteiger partial charge >= 0.3 is 0 Å². The Morgan fingerprint density at radius 2 is 2.16 bits per heavy atom. The summed E-state index contributed by atoms with van der Waals surface area (Å²) in [6, 6.07) is 3.56. The second kappa shape index (κ2) is 6.08. The molecule has 0 aliphatic rings. The lowest BCUT2D eigenvalue weighted by Gasteiger charge is -2.13. The maximum Gasteiger partial charge on any atom is 0.175 e. The fourth-order valence-corrected chi connectivity index (χ4v) is 2.31. The number of rotatable bonds is 5. The van der Waals surface area contributed by atoms with Crippen molar-refractivity contribution in [3.05, 3.63) is 40.1 Å². The Bertz CT molecular complexity index is 569. The fraction of sp³-hybridized carbons (Fsp3) is 0.308. The van der Waals surface area contributed by atoms with Crippen LogP contribution in [-0.2, 0) is 20.3 Å². The number of hydrogen-bond donors (Lipinski definition) is 1. The highest BCUT2D eigenvalue weighted by Crippen LogP contribution is 2.37. The average molecular weight is 327 g/mol. The summed E-state index contributed by atoms with van der Waals surface area (Å²) in [7, 11) is 3.43. The van der Waals surface area contributed by atoms with Gasteiger partial charge in [0.1, 0.15) is 6.61 Å². The van der Waals surface area contributed by atoms with E-state index < -0.39 is 0 Å². The molecule has 1 heterocycles. The van der Waals surface area contributed by atoms with Gasteiger partial charge in [0.05, 0.1) is 24.4 Å². The van der Waals surface area contributed by atoms with Crippen LogP contribution >= 0.6 is 15.9 Å². The van der Waals surface area contributed by atoms with E-state index in [2.05, 4.69) is 21.0 Å². The summed E-state index contributed by atoms with van der Waals surface area (Å²) in [6.07, 6.45) is 3.64. The zero-order valence-electron chi connectivity index (χ0n) is 10.8. The Hall–Kier alpha value is -1.53. The van der Waals surface area contributed by atoms with Gasteiger partial charge in [0.15, 0.2) is 11.5 Å². The first-order chi connectivity index (χ1) is 9.13. The average Bonchev–Trinajstić information content (AvgIpc) is 2.82. The highest BCUT2D eigenvalue weighted by Gasteiger charge is 2.12. The highest BCUT2D eigenvalue weighted by atomic mass is 79.9. The van der Waals surface area contributed by atoms with Crippen LogP contribution in [0, 0.1) is 0 Å². The zero-order chi connectivity index (χ0) is 13.8. The minimum absolute atomic E-state index is 0.0438. The van der Waals surface area contributed by atoms with E-state index in [0.717, 1.165) is 15.6 Å². The summed E-state index contributed by atoms with van der Waals surface area (Å²) in [5.74, 6) is 1.20. The van der Waals surface area contributed by atoms with Crippen LogP contribution in [0.4, 0.5) is 0 Å². The van der Waals surface area contributed by atoms with Gasteiger partial charge in [-0.1, -0.05) is 0 Å². The summed E-state index contributed by atoms with van der Waals surface area (Å²) in [6.45, 7) is 0.360. The normalized spacial score (nSPS) is 10.5. The Kier molecular flexibility index (Phi) is 4.44. The molecule has 0 saturated carbocycles. The molecule has 6 heteroatoms. The molecule has 0 fully saturated rings. The number of halogens is 1. The number of aliphatic hydroxyl groups is 1. The van der Waals surface area contributed by atoms with Crippen molar-refractivity contribution >= 4 is 15.9 Å². The van der Waals surface area contributed by atoms with Crippen molar-refractivity contribution in [2.24, 2.45) is 7.05 Å². The maximum absolute atomic E-state index is 9.16. The summed E-state index contributed by atoms with van der Waals surface area (Å²) < 4.78 is 13.5. The minimum Gasteiger partial charge on any atom is -0.493 e. The van der Waals surface area contributed by atoms with Gasteiger partial charge < -0.3 is 14.6 Å². The Balaban J connectivity index is 2.19. The van der Waals surface area contributed by atoms with E-state index in [4.69, 9.17) is 14.6 Å². The van der Waals surface area contributed by atoms with Crippen molar-refractivity contribution in [3.63, 3.8) is 0 Å². The van der Waals surface area contributed by atoms with E-state index in [1.165, 1.54) is 0 Å². The van der Waals surface area contributed by atoms with Gasteiger partial charge in [0.2, 0.25) is 0 Å². The molecule has 1 N–H and O–H groups in total. The molecule has 0 unspecified atom stereocenters. The predicted molar refractivity (Wildman–Crippen MR) is 74.2 cm³/mol. The summed E-state index contributed by atoms with van der Waals surface area (Å²) in [5.41, 5.74) is 1.74. The third-order valence-corrected chi connectivity index (χ3v) is 3.20. The number of benzene rings is 1. The van der Waals surface area contributed by atoms with Crippen LogP contribution in [0.1, 0.15) is 11.1 Å². The molecule has 1 aromatic heterocycles. The van der Waals surface area contributed by atoms with E-state index in [1.54, 1.807) is 30.1 Å². The molecule has 0 aliphatic heterocycles. The first-order valence-corrected chi connectivity index (χ1v) is 6.51. The Morgan fingerprint density at radius 3 is 2.74 bits per heavy atom. The molecule has 102 valence electrons. The monoisotopic (exact) mass is 326 g/mol. The zero-order valence-corrected chi connectivity index (χ0v) is 12.3. The number of ether oxygens (including phenoxy) is 2. The number of aryl methyl sites for hydroxylation is 1. The van der Waals surface area contributed by atoms with Crippen LogP contribution in [-0.4, -0.2) is 22.0 Å². The number of methoxy groups -OCH3 is 1. The second-order valence-electron chi connectivity index (χ2n) is 4.08. The third kappa shape index (κ3) is 3.27. The van der Waals surface area contributed by atoms with Crippen molar-refractivity contribution < 1.29 is 14.6 Å². The lowest BCUT2D eigenvalue weighted by molar-refractivity contribution is 0.273. The summed E-state index contributed by atoms with van der Waals surface area (Å²) in [4.78, 5) is 0. The van der Waals surface area contributed by atoms with E-state index in [9.17, 15) is 0 Å². The van der Waals surface area contributed by atoms with E-state index >= 15 is 0 Å². The highest BCUT2D eigenvalue weighted by molar-refractivity contribution is 9.10. The number of aliphatic hydroxyl groups excluding tert-OH is 1. The third-order valence-electron chi connectivity index (χ3n) is 2.61. The van der Waals surface area contributed by atoms with E-state index in [-0.39, 0.29) is 6.61 Å². The van der Waals surface area contributed by atoms with Crippen LogP contribution in [0.5, 0.6) is 11.5 Å². The van der Waals surface area contributed by atoms with Crippen molar-refractivity contribution in [2.45, 2.75) is 13.2 Å². The SMILES string of the molecule is COc1cc(CO)cc(Br)c1OCc1cnn(C)c1. The molecular formula is C13H15BrN2O3. The fourth-order valence-electron chi connectivity index (χ4n) is 1.71. The van der Waals surface area contributed by atoms with Crippen molar-refractivity contribution in [1.29, 1.82) is 0 Å². The van der Waals surface area contributed by atoms with Crippen molar-refractivity contribution in [2.75, 3.05) is 7.11 Å². The lowest BCUT2D eigenvalue weighted by atomic mass is 10.2. The predicted octanol–water partition coefficient (Wildman–Crippen LogP) is 2.26. The number of hydrogen-bond acceptors (Lipinski definition) is 4. The van der Waals surface area contributed by atoms with Gasteiger partial charge in [0, 0.05) is 18.8 Å². The van der Waals surface area contributed by atoms with Gasteiger partial charge in [-0.2, -0.15) is 5.10 Å². The Morgan fingerprint density at radius 1 is 1.37 bits per heavy atom. The Labute approximate surface area is 119 Å². The van der Waals surface area contributed by atoms with Gasteiger partial charge in [-0.3, -0.25) is 4.68 Å². The lowest BCUT2D eigenvalue weighted by Crippen LogP contribution is -1.99. The van der Waals surface area contributed by atoms with Crippen molar-refractivity contribution in [1.82, 2.24) is 9.78 Å². The molecule has 2 rings (SSSR count). The maximum atomic E-state index is 9.16. The molecular weight excluding hydrogens is 312 g/mol. The molecule has 0 aliphatic carbocycles. The molecule has 19 heavy (non-hydrogen) atoms. The first-order valence-electron chi connectivity index (χ1n) is 5.71. The molecule has 0 atom stereocenters. The topological polar surface area (TPSA) is 56.5 Å². The number of aromatic nitrogens is 2. The smallest absolute Gasteiger partial charge is 0.175 e. The van der Waals surface area contributed by atoms with E-state index in [1.807, 2.05) is 13.2 Å². The van der Waals surface area contributed by atoms with Crippen LogP contribution in [0.25, 0.3) is 0 Å². The van der Waals surface area contributed by atoms with Gasteiger partial charge in [-0.15, -0.1) is 0 Å². The van der Waals surface area contributed by atoms with Gasteiger partial charge in [-0.05, 0) is 33.6 Å². The van der Waals surface area contributed by atoms with Gasteiger partial charge in [-0.25, -0.2) is 0 Å². The molecule has 0 radical (unpaired) electrons. The second-order valence-corrected chi connectivity index (χ2v) is 4.93. The summed E-state index contributed by atoms with van der Waals surface area (Å²) in [5, 5.41) is 13.2. The molecule has 2 aromatic rings. The molecule has 0 bridgehead atoms. The van der Waals surface area contributed by atoms with Crippen LogP contribution in [0.15, 0.2) is 29.0 Å². The quantitative estimate of drug-likeness (QED) is 0.915. The van der Waals surface area contributed by atoms with Crippen LogP contribution in [0.2, 0.25) is 0 Å².